The van der Waals surface area contributed by atoms with Crippen molar-refractivity contribution < 1.29 is 29.8 Å². The topological polar surface area (TPSA) is 155 Å². The molecule has 0 saturated heterocycles. The van der Waals surface area contributed by atoms with Crippen LogP contribution in [-0.4, -0.2) is 52.3 Å². The van der Waals surface area contributed by atoms with Gasteiger partial charge in [-0.25, -0.2) is 12.7 Å². The molecule has 0 saturated carbocycles. The zero-order chi connectivity index (χ0) is 38.5. The van der Waals surface area contributed by atoms with Gasteiger partial charge in [-0.05, 0) is 54.4 Å². The smallest absolute Gasteiger partial charge is 0.294 e. The summed E-state index contributed by atoms with van der Waals surface area (Å²) in [6.07, 6.45) is 16.8. The summed E-state index contributed by atoms with van der Waals surface area (Å²) in [5.41, 5.74) is 1.98. The summed E-state index contributed by atoms with van der Waals surface area (Å²) in [5, 5.41) is 4.52. The van der Waals surface area contributed by atoms with E-state index in [1.54, 1.807) is 17.7 Å². The highest BCUT2D eigenvalue weighted by Crippen LogP contribution is 2.24. The molecular weight excluding hydrogens is 733 g/mol. The van der Waals surface area contributed by atoms with E-state index in [-0.39, 0.29) is 25.4 Å². The van der Waals surface area contributed by atoms with Crippen LogP contribution in [0, 0.1) is 0 Å². The number of nitrogens with zero attached hydrogens (tertiary/aromatic N) is 3. The Labute approximate surface area is 316 Å². The molecule has 0 radical (unpaired) electrons. The molecular formula is C39H54N4O7S3. The number of fused-ring (bicyclic) bond motifs is 1. The first kappa shape index (κ1) is 42.2. The van der Waals surface area contributed by atoms with Crippen LogP contribution in [0.25, 0.3) is 22.2 Å². The van der Waals surface area contributed by atoms with Gasteiger partial charge in [-0.15, -0.1) is 0 Å². The lowest BCUT2D eigenvalue weighted by Crippen LogP contribution is -2.28. The van der Waals surface area contributed by atoms with E-state index >= 15 is 0 Å². The average molecular weight is 787 g/mol. The largest absolute Gasteiger partial charge is 0.344 e. The highest BCUT2D eigenvalue weighted by atomic mass is 32.2. The minimum Gasteiger partial charge on any atom is -0.344 e. The lowest BCUT2D eigenvalue weighted by atomic mass is 10.0. The van der Waals surface area contributed by atoms with Crippen LogP contribution in [-0.2, 0) is 37.2 Å². The molecule has 53 heavy (non-hydrogen) atoms. The number of aromatic nitrogens is 1. The first-order valence-electron chi connectivity index (χ1n) is 18.5. The molecule has 0 spiro atoms. The second-order valence-electron chi connectivity index (χ2n) is 13.6. The molecule has 1 heterocycles. The Kier molecular flexibility index (Phi) is 15.7. The van der Waals surface area contributed by atoms with Gasteiger partial charge in [0.05, 0.1) is 31.3 Å². The number of sulfonamides is 2. The molecule has 0 aliphatic rings. The first-order valence-corrected chi connectivity index (χ1v) is 22.9. The first-order chi connectivity index (χ1) is 25.3. The number of nitrogens with one attached hydrogen (secondary N) is 1. The summed E-state index contributed by atoms with van der Waals surface area (Å²) < 4.78 is 90.5. The number of unbranched alkanes of at least 4 members (excludes halogenated alkanes) is 13. The average Bonchev–Trinajstić information content (AvgIpc) is 3.14. The van der Waals surface area contributed by atoms with Gasteiger partial charge in [-0.2, -0.15) is 26.8 Å². The number of rotatable bonds is 22. The fourth-order valence-electron chi connectivity index (χ4n) is 6.38. The third-order valence-corrected chi connectivity index (χ3v) is 13.5. The second-order valence-corrected chi connectivity index (χ2v) is 18.7. The lowest BCUT2D eigenvalue weighted by Gasteiger charge is -2.17. The molecule has 0 aliphatic heterocycles. The van der Waals surface area contributed by atoms with Crippen molar-refractivity contribution >= 4 is 41.1 Å². The molecule has 0 atom stereocenters. The maximum atomic E-state index is 13.5. The fourth-order valence-corrected chi connectivity index (χ4v) is 9.08. The van der Waals surface area contributed by atoms with E-state index in [1.807, 2.05) is 30.3 Å². The third kappa shape index (κ3) is 12.0. The maximum Gasteiger partial charge on any atom is 0.294 e. The van der Waals surface area contributed by atoms with Crippen molar-refractivity contribution in [2.75, 3.05) is 13.6 Å². The highest BCUT2D eigenvalue weighted by Gasteiger charge is 2.23. The van der Waals surface area contributed by atoms with Gasteiger partial charge in [0.1, 0.15) is 0 Å². The molecule has 4 rings (SSSR count). The molecule has 11 nitrogen and oxygen atoms in total. The van der Waals surface area contributed by atoms with Crippen molar-refractivity contribution in [2.24, 2.45) is 12.1 Å². The van der Waals surface area contributed by atoms with Crippen molar-refractivity contribution in [3.8, 4) is 11.3 Å². The molecule has 2 N–H and O–H groups in total. The minimum atomic E-state index is -4.57. The highest BCUT2D eigenvalue weighted by molar-refractivity contribution is 7.90. The van der Waals surface area contributed by atoms with Crippen LogP contribution in [0.3, 0.4) is 0 Å². The Morgan fingerprint density at radius 2 is 1.23 bits per heavy atom. The quantitative estimate of drug-likeness (QED) is 0.0465. The van der Waals surface area contributed by atoms with Crippen molar-refractivity contribution in [2.45, 2.75) is 112 Å². The SMILES string of the molecule is CCCCCCCCCCCCCCCCN(C)S(=O)(=O)c1cccc(S(=O)(=O)N/N=c2/cc(-c3ccccc3)n(C)c3ccc(S(=O)(=O)O)cc23)c1. The summed E-state index contributed by atoms with van der Waals surface area (Å²) in [5.74, 6) is 0. The maximum absolute atomic E-state index is 13.5. The Hall–Kier alpha value is -3.56. The molecule has 0 bridgehead atoms. The Bertz CT molecular complexity index is 2200. The fraction of sp³-hybridized carbons (Fsp3) is 0.462. The summed E-state index contributed by atoms with van der Waals surface area (Å²) in [6.45, 7) is 2.56. The molecule has 0 amide bonds. The van der Waals surface area contributed by atoms with E-state index in [1.165, 1.54) is 112 Å². The number of hydrogen-bond acceptors (Lipinski definition) is 7. The number of benzene rings is 3. The van der Waals surface area contributed by atoms with Gasteiger partial charge in [0.25, 0.3) is 20.1 Å². The van der Waals surface area contributed by atoms with Gasteiger partial charge in [0.2, 0.25) is 10.0 Å². The van der Waals surface area contributed by atoms with Crippen molar-refractivity contribution in [1.29, 1.82) is 0 Å². The Balaban J connectivity index is 1.41. The van der Waals surface area contributed by atoms with Gasteiger partial charge >= 0.3 is 0 Å². The molecule has 0 fully saturated rings. The van der Waals surface area contributed by atoms with Crippen LogP contribution in [0.5, 0.6) is 0 Å². The van der Waals surface area contributed by atoms with Gasteiger partial charge in [-0.3, -0.25) is 4.55 Å². The van der Waals surface area contributed by atoms with Crippen LogP contribution in [0.1, 0.15) is 96.8 Å². The lowest BCUT2D eigenvalue weighted by molar-refractivity contribution is 0.447. The standard InChI is InChI=1S/C39H54N4O7S3/c1-4-5-6-7-8-9-10-11-12-13-14-15-16-20-28-42(2)52(46,47)34-25-21-24-33(29-34)51(44,45)41-40-37-31-39(32-22-18-17-19-23-32)43(3)38-27-26-35(30-36(37)38)53(48,49)50/h17-19,21-27,29-31,41H,4-16,20,28H2,1-3H3,(H,48,49,50)/b40-37-. The Morgan fingerprint density at radius 3 is 1.81 bits per heavy atom. The predicted octanol–water partition coefficient (Wildman–Crippen LogP) is 7.99. The summed E-state index contributed by atoms with van der Waals surface area (Å²) in [7, 11) is -9.64. The molecule has 1 aromatic heterocycles. The minimum absolute atomic E-state index is 0.0858. The summed E-state index contributed by atoms with van der Waals surface area (Å²) in [4.78, 5) is 1.35. The number of pyridine rings is 1. The molecule has 3 aromatic carbocycles. The van der Waals surface area contributed by atoms with E-state index in [0.717, 1.165) is 30.9 Å². The predicted molar refractivity (Wildman–Crippen MR) is 211 cm³/mol. The van der Waals surface area contributed by atoms with Crippen LogP contribution < -0.4 is 10.2 Å². The van der Waals surface area contributed by atoms with E-state index in [2.05, 4.69) is 16.9 Å². The van der Waals surface area contributed by atoms with E-state index < -0.39 is 30.2 Å². The summed E-state index contributed by atoms with van der Waals surface area (Å²) in [6, 6.07) is 20.0. The van der Waals surface area contributed by atoms with Crippen molar-refractivity contribution in [1.82, 2.24) is 13.7 Å². The van der Waals surface area contributed by atoms with Gasteiger partial charge < -0.3 is 4.57 Å². The van der Waals surface area contributed by atoms with Crippen molar-refractivity contribution in [3.05, 3.63) is 84.2 Å². The van der Waals surface area contributed by atoms with Crippen LogP contribution in [0.15, 0.2) is 98.7 Å². The van der Waals surface area contributed by atoms with E-state index in [4.69, 9.17) is 0 Å². The molecule has 290 valence electrons. The normalized spacial score (nSPS) is 12.9. The van der Waals surface area contributed by atoms with Gasteiger partial charge in [0, 0.05) is 26.0 Å². The van der Waals surface area contributed by atoms with Gasteiger partial charge in [-0.1, -0.05) is 127 Å². The third-order valence-electron chi connectivity index (χ3n) is 9.54. The monoisotopic (exact) mass is 786 g/mol. The number of aryl methyl sites for hydroxylation is 1. The van der Waals surface area contributed by atoms with Crippen molar-refractivity contribution in [3.63, 3.8) is 0 Å². The van der Waals surface area contributed by atoms with E-state index in [9.17, 15) is 29.8 Å². The zero-order valence-corrected chi connectivity index (χ0v) is 33.5. The van der Waals surface area contributed by atoms with E-state index in [0.29, 0.717) is 24.2 Å². The molecule has 0 unspecified atom stereocenters. The zero-order valence-electron chi connectivity index (χ0n) is 31.1. The molecule has 14 heteroatoms. The molecule has 0 aliphatic carbocycles. The second kappa shape index (κ2) is 19.7. The summed E-state index contributed by atoms with van der Waals surface area (Å²) >= 11 is 0. The van der Waals surface area contributed by atoms with Crippen LogP contribution in [0.4, 0.5) is 0 Å². The van der Waals surface area contributed by atoms with Gasteiger partial charge in [0.15, 0.2) is 0 Å². The van der Waals surface area contributed by atoms with Crippen LogP contribution >= 0.6 is 0 Å². The van der Waals surface area contributed by atoms with Crippen LogP contribution in [0.2, 0.25) is 0 Å². The molecule has 4 aromatic rings. The number of hydrogen-bond donors (Lipinski definition) is 2. The Morgan fingerprint density at radius 1 is 0.660 bits per heavy atom.